The minimum Gasteiger partial charge on any atom is -0.469 e. The molecule has 0 spiro atoms. The second-order valence-electron chi connectivity index (χ2n) is 5.35. The lowest BCUT2D eigenvalue weighted by Crippen LogP contribution is -2.46. The molecule has 0 radical (unpaired) electrons. The fourth-order valence-electron chi connectivity index (χ4n) is 2.74. The van der Waals surface area contributed by atoms with Crippen molar-refractivity contribution in [2.75, 3.05) is 40.3 Å². The summed E-state index contributed by atoms with van der Waals surface area (Å²) in [6, 6.07) is 0.731. The average molecular weight is 426 g/mol. The third-order valence-corrected chi connectivity index (χ3v) is 3.98. The summed E-state index contributed by atoms with van der Waals surface area (Å²) in [5, 5.41) is 6.42. The molecule has 1 atom stereocenters. The number of nitrogens with zero attached hydrogens (tertiary/aromatic N) is 2. The van der Waals surface area contributed by atoms with E-state index < -0.39 is 0 Å². The summed E-state index contributed by atoms with van der Waals surface area (Å²) in [5.74, 6) is 0.529. The maximum absolute atomic E-state index is 11.0. The van der Waals surface area contributed by atoms with Crippen LogP contribution in [0.3, 0.4) is 0 Å². The van der Waals surface area contributed by atoms with Gasteiger partial charge < -0.3 is 15.4 Å². The van der Waals surface area contributed by atoms with Gasteiger partial charge in [-0.3, -0.25) is 14.7 Å². The Bertz CT molecular complexity index is 340. The Morgan fingerprint density at radius 2 is 2.05 bits per heavy atom. The van der Waals surface area contributed by atoms with Crippen LogP contribution in [0.15, 0.2) is 4.99 Å². The number of piperidine rings is 1. The molecule has 7 heteroatoms. The fourth-order valence-corrected chi connectivity index (χ4v) is 2.74. The zero-order chi connectivity index (χ0) is 15.5. The molecule has 130 valence electrons. The van der Waals surface area contributed by atoms with Gasteiger partial charge in [0.1, 0.15) is 0 Å². The molecule has 0 aromatic carbocycles. The first-order valence-corrected chi connectivity index (χ1v) is 7.96. The van der Waals surface area contributed by atoms with Crippen LogP contribution in [0.2, 0.25) is 0 Å². The van der Waals surface area contributed by atoms with Crippen LogP contribution < -0.4 is 10.6 Å². The van der Waals surface area contributed by atoms with Gasteiger partial charge in [-0.2, -0.15) is 0 Å². The second kappa shape index (κ2) is 12.9. The van der Waals surface area contributed by atoms with Crippen LogP contribution in [0.25, 0.3) is 0 Å². The number of guanidine groups is 1. The van der Waals surface area contributed by atoms with Crippen LogP contribution in [0, 0.1) is 0 Å². The van der Waals surface area contributed by atoms with Gasteiger partial charge in [0.2, 0.25) is 0 Å². The molecule has 0 aromatic rings. The molecule has 1 rings (SSSR count). The summed E-state index contributed by atoms with van der Waals surface area (Å²) in [7, 11) is 3.14. The quantitative estimate of drug-likeness (QED) is 0.280. The first kappa shape index (κ1) is 21.4. The molecule has 1 fully saturated rings. The predicted molar refractivity (Wildman–Crippen MR) is 101 cm³/mol. The number of methoxy groups -OCH3 is 1. The fraction of sp³-hybridized carbons (Fsp3) is 0.867. The first-order chi connectivity index (χ1) is 10.2. The zero-order valence-corrected chi connectivity index (χ0v) is 16.4. The molecule has 1 aliphatic rings. The van der Waals surface area contributed by atoms with E-state index in [1.807, 2.05) is 0 Å². The highest BCUT2D eigenvalue weighted by atomic mass is 127. The Morgan fingerprint density at radius 3 is 2.68 bits per heavy atom. The Kier molecular flexibility index (Phi) is 12.6. The van der Waals surface area contributed by atoms with Crippen molar-refractivity contribution in [1.82, 2.24) is 15.5 Å². The van der Waals surface area contributed by atoms with E-state index in [1.165, 1.54) is 39.3 Å². The minimum absolute atomic E-state index is 0. The molecule has 1 aliphatic heterocycles. The number of ether oxygens (including phenoxy) is 1. The summed E-state index contributed by atoms with van der Waals surface area (Å²) in [4.78, 5) is 17.8. The van der Waals surface area contributed by atoms with E-state index in [9.17, 15) is 4.79 Å². The van der Waals surface area contributed by atoms with Crippen molar-refractivity contribution in [3.8, 4) is 0 Å². The van der Waals surface area contributed by atoms with Gasteiger partial charge in [-0.15, -0.1) is 24.0 Å². The maximum Gasteiger partial charge on any atom is 0.307 e. The van der Waals surface area contributed by atoms with Crippen molar-refractivity contribution >= 4 is 35.9 Å². The van der Waals surface area contributed by atoms with Crippen molar-refractivity contribution in [3.63, 3.8) is 0 Å². The molecule has 2 N–H and O–H groups in total. The highest BCUT2D eigenvalue weighted by molar-refractivity contribution is 14.0. The number of halogens is 1. The Morgan fingerprint density at radius 1 is 1.32 bits per heavy atom. The molecule has 0 saturated carbocycles. The number of hydrogen-bond donors (Lipinski definition) is 2. The molecule has 6 nitrogen and oxygen atoms in total. The molecule has 0 amide bonds. The summed E-state index contributed by atoms with van der Waals surface area (Å²) in [5.41, 5.74) is 0. The van der Waals surface area contributed by atoms with Crippen molar-refractivity contribution in [1.29, 1.82) is 0 Å². The SMILES string of the molecule is CCC1CCCCN1CCNC(=NC)NCCC(=O)OC.I. The number of likely N-dealkylation sites (tertiary alicyclic amines) is 1. The third-order valence-electron chi connectivity index (χ3n) is 3.98. The van der Waals surface area contributed by atoms with Gasteiger partial charge in [-0.25, -0.2) is 0 Å². The molecular weight excluding hydrogens is 395 g/mol. The van der Waals surface area contributed by atoms with Crippen molar-refractivity contribution in [3.05, 3.63) is 0 Å². The summed E-state index contributed by atoms with van der Waals surface area (Å²) >= 11 is 0. The monoisotopic (exact) mass is 426 g/mol. The molecule has 22 heavy (non-hydrogen) atoms. The first-order valence-electron chi connectivity index (χ1n) is 7.96. The van der Waals surface area contributed by atoms with Crippen LogP contribution in [-0.4, -0.2) is 63.2 Å². The molecule has 0 bridgehead atoms. The minimum atomic E-state index is -0.211. The number of hydrogen-bond acceptors (Lipinski definition) is 4. The number of esters is 1. The van der Waals surface area contributed by atoms with Crippen molar-refractivity contribution in [2.24, 2.45) is 4.99 Å². The largest absolute Gasteiger partial charge is 0.469 e. The van der Waals surface area contributed by atoms with E-state index >= 15 is 0 Å². The standard InChI is InChI=1S/C15H30N4O2.HI/c1-4-13-7-5-6-11-19(13)12-10-18-15(16-2)17-9-8-14(20)21-3;/h13H,4-12H2,1-3H3,(H2,16,17,18);1H. The Balaban J connectivity index is 0.00000441. The third kappa shape index (κ3) is 8.17. The van der Waals surface area contributed by atoms with Crippen LogP contribution in [0.5, 0.6) is 0 Å². The number of carbonyl (C=O) groups excluding carboxylic acids is 1. The number of rotatable bonds is 7. The van der Waals surface area contributed by atoms with Crippen LogP contribution in [-0.2, 0) is 9.53 Å². The lowest BCUT2D eigenvalue weighted by molar-refractivity contribution is -0.140. The molecule has 1 saturated heterocycles. The van der Waals surface area contributed by atoms with E-state index in [4.69, 9.17) is 0 Å². The van der Waals surface area contributed by atoms with Gasteiger partial charge in [-0.1, -0.05) is 13.3 Å². The van der Waals surface area contributed by atoms with E-state index in [0.717, 1.165) is 25.1 Å². The van der Waals surface area contributed by atoms with E-state index in [1.54, 1.807) is 7.05 Å². The summed E-state index contributed by atoms with van der Waals surface area (Å²) in [6.45, 7) is 5.91. The van der Waals surface area contributed by atoms with Gasteiger partial charge in [0.25, 0.3) is 0 Å². The molecular formula is C15H31IN4O2. The van der Waals surface area contributed by atoms with Gasteiger partial charge in [0.15, 0.2) is 5.96 Å². The Hall–Kier alpha value is -0.570. The smallest absolute Gasteiger partial charge is 0.307 e. The van der Waals surface area contributed by atoms with Crippen LogP contribution in [0.4, 0.5) is 0 Å². The Labute approximate surface area is 151 Å². The van der Waals surface area contributed by atoms with Gasteiger partial charge >= 0.3 is 5.97 Å². The van der Waals surface area contributed by atoms with E-state index in [-0.39, 0.29) is 29.9 Å². The summed E-state index contributed by atoms with van der Waals surface area (Å²) in [6.07, 6.45) is 5.57. The number of carbonyl (C=O) groups is 1. The lowest BCUT2D eigenvalue weighted by Gasteiger charge is -2.35. The average Bonchev–Trinajstić information content (AvgIpc) is 2.53. The highest BCUT2D eigenvalue weighted by Crippen LogP contribution is 2.18. The maximum atomic E-state index is 11.0. The van der Waals surface area contributed by atoms with Gasteiger partial charge in [-0.05, 0) is 25.8 Å². The highest BCUT2D eigenvalue weighted by Gasteiger charge is 2.19. The predicted octanol–water partition coefficient (Wildman–Crippen LogP) is 1.60. The normalized spacial score (nSPS) is 19.2. The molecule has 0 aliphatic carbocycles. The van der Waals surface area contributed by atoms with Crippen LogP contribution in [0.1, 0.15) is 39.0 Å². The molecule has 1 heterocycles. The van der Waals surface area contributed by atoms with Gasteiger partial charge in [0, 0.05) is 32.7 Å². The topological polar surface area (TPSA) is 66.0 Å². The zero-order valence-electron chi connectivity index (χ0n) is 14.1. The van der Waals surface area contributed by atoms with Crippen LogP contribution >= 0.6 is 24.0 Å². The van der Waals surface area contributed by atoms with Crippen molar-refractivity contribution < 1.29 is 9.53 Å². The van der Waals surface area contributed by atoms with Crippen molar-refractivity contribution in [2.45, 2.75) is 45.1 Å². The van der Waals surface area contributed by atoms with E-state index in [0.29, 0.717) is 13.0 Å². The lowest BCUT2D eigenvalue weighted by atomic mass is 10.0. The van der Waals surface area contributed by atoms with Gasteiger partial charge in [0.05, 0.1) is 13.5 Å². The molecule has 1 unspecified atom stereocenters. The second-order valence-corrected chi connectivity index (χ2v) is 5.35. The number of aliphatic imine (C=N–C) groups is 1. The number of nitrogens with one attached hydrogen (secondary N) is 2. The molecule has 0 aromatic heterocycles. The summed E-state index contributed by atoms with van der Waals surface area (Å²) < 4.78 is 4.60. The van der Waals surface area contributed by atoms with E-state index in [2.05, 4.69) is 32.2 Å².